The molecule has 13 heavy (non-hydrogen) atoms. The summed E-state index contributed by atoms with van der Waals surface area (Å²) in [6.07, 6.45) is 0. The van der Waals surface area contributed by atoms with E-state index in [9.17, 15) is 9.59 Å². The highest BCUT2D eigenvalue weighted by molar-refractivity contribution is 5.90. The van der Waals surface area contributed by atoms with Crippen LogP contribution < -0.4 is 5.32 Å². The van der Waals surface area contributed by atoms with E-state index in [1.165, 1.54) is 0 Å². The minimum Gasteiger partial charge on any atom is -0.389 e. The highest BCUT2D eigenvalue weighted by Crippen LogP contribution is 2.12. The van der Waals surface area contributed by atoms with Crippen molar-refractivity contribution in [2.45, 2.75) is 33.7 Å². The van der Waals surface area contributed by atoms with Crippen molar-refractivity contribution < 1.29 is 14.7 Å². The Hall–Kier alpha value is -0.900. The molecule has 4 heteroatoms. The number of hydrogen-bond donors (Lipinski definition) is 2. The molecule has 0 rings (SSSR count). The maximum atomic E-state index is 11.4. The summed E-state index contributed by atoms with van der Waals surface area (Å²) in [5.74, 6) is -0.570. The van der Waals surface area contributed by atoms with Crippen molar-refractivity contribution in [1.29, 1.82) is 0 Å². The van der Waals surface area contributed by atoms with Gasteiger partial charge in [0.15, 0.2) is 5.78 Å². The number of rotatable bonds is 3. The van der Waals surface area contributed by atoms with Crippen LogP contribution in [0.1, 0.15) is 27.7 Å². The van der Waals surface area contributed by atoms with Gasteiger partial charge in [0.2, 0.25) is 5.91 Å². The number of ketones is 1. The Morgan fingerprint density at radius 2 is 1.85 bits per heavy atom. The molecule has 0 bridgehead atoms. The van der Waals surface area contributed by atoms with Gasteiger partial charge < -0.3 is 10.4 Å². The molecule has 0 unspecified atom stereocenters. The molecule has 0 aliphatic heterocycles. The van der Waals surface area contributed by atoms with Gasteiger partial charge in [0.25, 0.3) is 0 Å². The first-order valence-electron chi connectivity index (χ1n) is 4.23. The summed E-state index contributed by atoms with van der Waals surface area (Å²) in [5.41, 5.74) is -0.510. The average molecular weight is 187 g/mol. The van der Waals surface area contributed by atoms with Crippen LogP contribution in [0.25, 0.3) is 0 Å². The first-order valence-corrected chi connectivity index (χ1v) is 4.23. The minimum absolute atomic E-state index is 0.193. The number of Topliss-reactive ketones (excluding diaryl/α,β-unsaturated/α-hetero) is 1. The number of aliphatic hydroxyl groups is 1. The van der Waals surface area contributed by atoms with Crippen LogP contribution in [0.5, 0.6) is 0 Å². The van der Waals surface area contributed by atoms with Gasteiger partial charge in [0.1, 0.15) is 6.61 Å². The number of carbonyl (C=O) groups excluding carboxylic acids is 2. The lowest BCUT2D eigenvalue weighted by molar-refractivity contribution is -0.133. The molecule has 0 spiro atoms. The van der Waals surface area contributed by atoms with Crippen molar-refractivity contribution in [2.24, 2.45) is 5.41 Å². The van der Waals surface area contributed by atoms with Crippen molar-refractivity contribution in [3.8, 4) is 0 Å². The molecule has 0 aromatic carbocycles. The maximum Gasteiger partial charge on any atom is 0.225 e. The van der Waals surface area contributed by atoms with Crippen molar-refractivity contribution in [1.82, 2.24) is 5.32 Å². The topological polar surface area (TPSA) is 66.4 Å². The standard InChI is InChI=1S/C9H17NO3/c1-6(7(12)5-11)10-8(13)9(2,3)4/h6,11H,5H2,1-4H3,(H,10,13)/t6-/m0/s1. The molecule has 1 amide bonds. The fourth-order valence-electron chi connectivity index (χ4n) is 0.631. The smallest absolute Gasteiger partial charge is 0.225 e. The minimum atomic E-state index is -0.614. The third kappa shape index (κ3) is 4.03. The number of hydrogen-bond acceptors (Lipinski definition) is 3. The van der Waals surface area contributed by atoms with Gasteiger partial charge >= 0.3 is 0 Å². The van der Waals surface area contributed by atoms with Gasteiger partial charge in [-0.1, -0.05) is 20.8 Å². The van der Waals surface area contributed by atoms with E-state index < -0.39 is 18.1 Å². The zero-order valence-corrected chi connectivity index (χ0v) is 8.55. The zero-order valence-electron chi connectivity index (χ0n) is 8.55. The van der Waals surface area contributed by atoms with E-state index in [-0.39, 0.29) is 11.7 Å². The number of nitrogens with one attached hydrogen (secondary N) is 1. The number of amides is 1. The summed E-state index contributed by atoms with van der Waals surface area (Å²) in [6.45, 7) is 6.31. The molecular formula is C9H17NO3. The van der Waals surface area contributed by atoms with Crippen LogP contribution in [0.2, 0.25) is 0 Å². The molecule has 76 valence electrons. The summed E-state index contributed by atoms with van der Waals surface area (Å²) in [6, 6.07) is -0.614. The molecule has 0 saturated carbocycles. The predicted molar refractivity (Wildman–Crippen MR) is 49.2 cm³/mol. The Labute approximate surface area is 78.3 Å². The van der Waals surface area contributed by atoms with Crippen LogP contribution >= 0.6 is 0 Å². The zero-order chi connectivity index (χ0) is 10.6. The van der Waals surface area contributed by atoms with Gasteiger partial charge in [-0.2, -0.15) is 0 Å². The second-order valence-electron chi connectivity index (χ2n) is 4.07. The number of aliphatic hydroxyl groups excluding tert-OH is 1. The fraction of sp³-hybridized carbons (Fsp3) is 0.778. The Bertz CT molecular complexity index is 205. The molecule has 4 nitrogen and oxygen atoms in total. The highest BCUT2D eigenvalue weighted by atomic mass is 16.3. The van der Waals surface area contributed by atoms with E-state index in [1.54, 1.807) is 27.7 Å². The fourth-order valence-corrected chi connectivity index (χ4v) is 0.631. The van der Waals surface area contributed by atoms with Crippen molar-refractivity contribution >= 4 is 11.7 Å². The molecule has 0 radical (unpaired) electrons. The first kappa shape index (κ1) is 12.1. The van der Waals surface area contributed by atoms with E-state index >= 15 is 0 Å². The van der Waals surface area contributed by atoms with Crippen LogP contribution in [0.4, 0.5) is 0 Å². The molecule has 1 atom stereocenters. The SMILES string of the molecule is C[C@H](NC(=O)C(C)(C)C)C(=O)CO. The molecule has 0 aliphatic rings. The normalized spacial score (nSPS) is 13.6. The molecular weight excluding hydrogens is 170 g/mol. The van der Waals surface area contributed by atoms with E-state index in [0.29, 0.717) is 0 Å². The molecule has 0 heterocycles. The summed E-state index contributed by atoms with van der Waals surface area (Å²) in [5, 5.41) is 11.0. The summed E-state index contributed by atoms with van der Waals surface area (Å²) >= 11 is 0. The summed E-state index contributed by atoms with van der Waals surface area (Å²) in [4.78, 5) is 22.3. The van der Waals surface area contributed by atoms with Gasteiger partial charge in [-0.15, -0.1) is 0 Å². The van der Waals surface area contributed by atoms with Gasteiger partial charge in [0, 0.05) is 5.41 Å². The Morgan fingerprint density at radius 1 is 1.38 bits per heavy atom. The Balaban J connectivity index is 4.15. The third-order valence-corrected chi connectivity index (χ3v) is 1.67. The maximum absolute atomic E-state index is 11.4. The van der Waals surface area contributed by atoms with Crippen LogP contribution in [-0.4, -0.2) is 29.4 Å². The van der Waals surface area contributed by atoms with Gasteiger partial charge in [-0.25, -0.2) is 0 Å². The molecule has 0 saturated heterocycles. The summed E-state index contributed by atoms with van der Waals surface area (Å²) < 4.78 is 0. The van der Waals surface area contributed by atoms with E-state index in [2.05, 4.69) is 5.32 Å². The van der Waals surface area contributed by atoms with E-state index in [1.807, 2.05) is 0 Å². The van der Waals surface area contributed by atoms with Gasteiger partial charge in [0.05, 0.1) is 6.04 Å². The molecule has 0 aromatic heterocycles. The van der Waals surface area contributed by atoms with Crippen LogP contribution in [0, 0.1) is 5.41 Å². The average Bonchev–Trinajstić information content (AvgIpc) is 2.01. The van der Waals surface area contributed by atoms with E-state index in [4.69, 9.17) is 5.11 Å². The monoisotopic (exact) mass is 187 g/mol. The van der Waals surface area contributed by atoms with Crippen molar-refractivity contribution in [2.75, 3.05) is 6.61 Å². The molecule has 2 N–H and O–H groups in total. The Morgan fingerprint density at radius 3 is 2.15 bits per heavy atom. The first-order chi connectivity index (χ1) is 5.79. The van der Waals surface area contributed by atoms with Gasteiger partial charge in [-0.05, 0) is 6.92 Å². The lowest BCUT2D eigenvalue weighted by Crippen LogP contribution is -2.44. The summed E-state index contributed by atoms with van der Waals surface area (Å²) in [7, 11) is 0. The molecule has 0 fully saturated rings. The molecule has 0 aliphatic carbocycles. The van der Waals surface area contributed by atoms with Crippen molar-refractivity contribution in [3.63, 3.8) is 0 Å². The highest BCUT2D eigenvalue weighted by Gasteiger charge is 2.24. The largest absolute Gasteiger partial charge is 0.389 e. The quantitative estimate of drug-likeness (QED) is 0.658. The van der Waals surface area contributed by atoms with Gasteiger partial charge in [-0.3, -0.25) is 9.59 Å². The van der Waals surface area contributed by atoms with Crippen LogP contribution in [0.15, 0.2) is 0 Å². The Kier molecular flexibility index (Phi) is 4.07. The lowest BCUT2D eigenvalue weighted by Gasteiger charge is -2.20. The number of carbonyl (C=O) groups is 2. The molecule has 0 aromatic rings. The van der Waals surface area contributed by atoms with Crippen LogP contribution in [0.3, 0.4) is 0 Å². The second-order valence-corrected chi connectivity index (χ2v) is 4.07. The predicted octanol–water partition coefficient (Wildman–Crippen LogP) is 0.0986. The lowest BCUT2D eigenvalue weighted by atomic mass is 9.95. The third-order valence-electron chi connectivity index (χ3n) is 1.67. The van der Waals surface area contributed by atoms with E-state index in [0.717, 1.165) is 0 Å². The van der Waals surface area contributed by atoms with Crippen LogP contribution in [-0.2, 0) is 9.59 Å². The second kappa shape index (κ2) is 4.37. The van der Waals surface area contributed by atoms with Crippen molar-refractivity contribution in [3.05, 3.63) is 0 Å².